The highest BCUT2D eigenvalue weighted by molar-refractivity contribution is 7.79. The molecule has 9 aromatic rings. The molecule has 0 radical (unpaired) electrons. The van der Waals surface area contributed by atoms with E-state index in [2.05, 4.69) is 168 Å². The predicted octanol–water partition coefficient (Wildman–Crippen LogP) is 9.95. The third-order valence-corrected chi connectivity index (χ3v) is 12.1. The normalized spacial score (nSPS) is 11.8. The lowest BCUT2D eigenvalue weighted by molar-refractivity contribution is 1.24. The topological polar surface area (TPSA) is 17.3 Å². The van der Waals surface area contributed by atoms with Gasteiger partial charge in [-0.1, -0.05) is 121 Å². The number of pyridine rings is 1. The molecule has 6 aromatic carbocycles. The monoisotopic (exact) mass is 610 g/mol. The largest absolute Gasteiger partial charge is 0.290 e. The predicted molar refractivity (Wildman–Crippen MR) is 195 cm³/mol. The molecule has 0 saturated carbocycles. The molecule has 2 nitrogen and oxygen atoms in total. The van der Waals surface area contributed by atoms with Crippen molar-refractivity contribution in [2.45, 2.75) is 0 Å². The van der Waals surface area contributed by atoms with Gasteiger partial charge < -0.3 is 0 Å². The first-order valence-electron chi connectivity index (χ1n) is 15.1. The quantitative estimate of drug-likeness (QED) is 0.177. The van der Waals surface area contributed by atoms with Crippen LogP contribution in [0.2, 0.25) is 0 Å². The SMILES string of the molecule is c1ccc(P(c2ccccc2)c2cc(-c3ccc4nc5c6ccccc6sc5n4c3)cc(-c3cccc4ccccc34)c2)cc1. The van der Waals surface area contributed by atoms with Crippen LogP contribution < -0.4 is 15.9 Å². The van der Waals surface area contributed by atoms with Crippen molar-refractivity contribution in [1.82, 2.24) is 9.38 Å². The van der Waals surface area contributed by atoms with Gasteiger partial charge in [0.1, 0.15) is 16.0 Å². The van der Waals surface area contributed by atoms with Crippen LogP contribution in [0.15, 0.2) is 164 Å². The standard InChI is InChI=1S/C41H27N2PS/c1-3-14-32(15-4-1)44(33-16-5-2-6-17-33)34-25-30(24-31(26-34)36-20-11-13-28-12-7-8-18-35(28)36)29-22-23-39-42-40-37-19-9-10-21-38(37)45-41(40)43(39)27-29/h1-27H. The van der Waals surface area contributed by atoms with Gasteiger partial charge in [-0.25, -0.2) is 4.98 Å². The lowest BCUT2D eigenvalue weighted by Gasteiger charge is -2.22. The summed E-state index contributed by atoms with van der Waals surface area (Å²) in [7, 11) is -0.787. The Hall–Kier alpha value is -5.08. The molecule has 0 saturated heterocycles. The number of imidazole rings is 1. The summed E-state index contributed by atoms with van der Waals surface area (Å²) in [5.74, 6) is 0. The summed E-state index contributed by atoms with van der Waals surface area (Å²) < 4.78 is 3.54. The highest BCUT2D eigenvalue weighted by Gasteiger charge is 2.20. The maximum absolute atomic E-state index is 5.04. The van der Waals surface area contributed by atoms with E-state index in [-0.39, 0.29) is 0 Å². The summed E-state index contributed by atoms with van der Waals surface area (Å²) in [4.78, 5) is 6.23. The first-order chi connectivity index (χ1) is 22.3. The van der Waals surface area contributed by atoms with Crippen LogP contribution in [0.4, 0.5) is 0 Å². The minimum absolute atomic E-state index is 0.787. The fourth-order valence-electron chi connectivity index (χ4n) is 6.46. The fourth-order valence-corrected chi connectivity index (χ4v) is 9.96. The number of fused-ring (bicyclic) bond motifs is 6. The van der Waals surface area contributed by atoms with Crippen molar-refractivity contribution in [2.24, 2.45) is 0 Å². The van der Waals surface area contributed by atoms with Crippen molar-refractivity contribution < 1.29 is 0 Å². The second-order valence-electron chi connectivity index (χ2n) is 11.3. The summed E-state index contributed by atoms with van der Waals surface area (Å²) >= 11 is 1.81. The Bertz CT molecular complexity index is 2450. The summed E-state index contributed by atoms with van der Waals surface area (Å²) in [6.07, 6.45) is 2.28. The number of aromatic nitrogens is 2. The van der Waals surface area contributed by atoms with E-state index >= 15 is 0 Å². The van der Waals surface area contributed by atoms with Gasteiger partial charge in [0.2, 0.25) is 0 Å². The lowest BCUT2D eigenvalue weighted by atomic mass is 9.95. The van der Waals surface area contributed by atoms with Gasteiger partial charge in [-0.3, -0.25) is 4.40 Å². The van der Waals surface area contributed by atoms with E-state index in [1.165, 1.54) is 63.9 Å². The molecule has 0 amide bonds. The van der Waals surface area contributed by atoms with Crippen molar-refractivity contribution in [3.63, 3.8) is 0 Å². The Morgan fingerprint density at radius 3 is 1.98 bits per heavy atom. The van der Waals surface area contributed by atoms with Crippen LogP contribution in [0.1, 0.15) is 0 Å². The van der Waals surface area contributed by atoms with Crippen molar-refractivity contribution >= 4 is 72.0 Å². The third kappa shape index (κ3) is 4.56. The van der Waals surface area contributed by atoms with Crippen LogP contribution in [0, 0.1) is 0 Å². The Labute approximate surface area is 266 Å². The Kier molecular flexibility index (Phi) is 6.33. The average Bonchev–Trinajstić information content (AvgIpc) is 3.65. The number of rotatable bonds is 5. The van der Waals surface area contributed by atoms with Crippen LogP contribution in [-0.4, -0.2) is 9.38 Å². The van der Waals surface area contributed by atoms with Crippen LogP contribution in [0.5, 0.6) is 0 Å². The summed E-state index contributed by atoms with van der Waals surface area (Å²) in [5.41, 5.74) is 6.93. The van der Waals surface area contributed by atoms with Gasteiger partial charge in [-0.05, 0) is 93.3 Å². The lowest BCUT2D eigenvalue weighted by Crippen LogP contribution is -2.21. The van der Waals surface area contributed by atoms with E-state index in [0.29, 0.717) is 0 Å². The van der Waals surface area contributed by atoms with Gasteiger partial charge in [0.15, 0.2) is 0 Å². The number of benzene rings is 6. The van der Waals surface area contributed by atoms with Crippen molar-refractivity contribution in [2.75, 3.05) is 0 Å². The maximum atomic E-state index is 5.04. The first kappa shape index (κ1) is 26.3. The molecule has 3 heterocycles. The van der Waals surface area contributed by atoms with Gasteiger partial charge in [-0.15, -0.1) is 11.3 Å². The number of hydrogen-bond donors (Lipinski definition) is 0. The van der Waals surface area contributed by atoms with E-state index in [4.69, 9.17) is 4.98 Å². The summed E-state index contributed by atoms with van der Waals surface area (Å²) in [6, 6.07) is 57.5. The number of nitrogens with zero attached hydrogens (tertiary/aromatic N) is 2. The maximum Gasteiger partial charge on any atom is 0.138 e. The number of thiophene rings is 1. The summed E-state index contributed by atoms with van der Waals surface area (Å²) in [6.45, 7) is 0. The molecule has 0 bridgehead atoms. The van der Waals surface area contributed by atoms with E-state index in [9.17, 15) is 0 Å². The highest BCUT2D eigenvalue weighted by atomic mass is 32.1. The van der Waals surface area contributed by atoms with Crippen molar-refractivity contribution in [1.29, 1.82) is 0 Å². The average molecular weight is 611 g/mol. The molecule has 4 heteroatoms. The molecule has 45 heavy (non-hydrogen) atoms. The smallest absolute Gasteiger partial charge is 0.138 e. The minimum Gasteiger partial charge on any atom is -0.290 e. The zero-order valence-corrected chi connectivity index (χ0v) is 26.0. The second kappa shape index (κ2) is 10.8. The molecule has 3 aromatic heterocycles. The molecule has 0 N–H and O–H groups in total. The molecule has 0 aliphatic rings. The molecular formula is C41H27N2PS. The van der Waals surface area contributed by atoms with Crippen LogP contribution >= 0.6 is 19.3 Å². The Morgan fingerprint density at radius 2 is 1.18 bits per heavy atom. The number of hydrogen-bond acceptors (Lipinski definition) is 2. The Balaban J connectivity index is 1.31. The van der Waals surface area contributed by atoms with E-state index < -0.39 is 7.92 Å². The molecule has 0 aliphatic heterocycles. The molecule has 9 rings (SSSR count). The molecule has 0 spiro atoms. The second-order valence-corrected chi connectivity index (χ2v) is 14.6. The van der Waals surface area contributed by atoms with Gasteiger partial charge >= 0.3 is 0 Å². The van der Waals surface area contributed by atoms with E-state index in [1.807, 2.05) is 11.3 Å². The van der Waals surface area contributed by atoms with Gasteiger partial charge in [0.05, 0.1) is 0 Å². The molecule has 0 unspecified atom stereocenters. The van der Waals surface area contributed by atoms with Crippen LogP contribution in [0.25, 0.3) is 59.1 Å². The zero-order chi connectivity index (χ0) is 29.7. The fraction of sp³-hybridized carbons (Fsp3) is 0. The third-order valence-electron chi connectivity index (χ3n) is 8.56. The highest BCUT2D eigenvalue weighted by Crippen LogP contribution is 2.39. The van der Waals surface area contributed by atoms with Gasteiger partial charge in [-0.2, -0.15) is 0 Å². The van der Waals surface area contributed by atoms with Crippen molar-refractivity contribution in [3.05, 3.63) is 164 Å². The van der Waals surface area contributed by atoms with Gasteiger partial charge in [0.25, 0.3) is 0 Å². The molecule has 0 aliphatic carbocycles. The molecule has 0 atom stereocenters. The first-order valence-corrected chi connectivity index (χ1v) is 17.3. The Morgan fingerprint density at radius 1 is 0.511 bits per heavy atom. The molecule has 0 fully saturated rings. The zero-order valence-electron chi connectivity index (χ0n) is 24.3. The van der Waals surface area contributed by atoms with Crippen LogP contribution in [-0.2, 0) is 0 Å². The van der Waals surface area contributed by atoms with E-state index in [0.717, 1.165) is 11.2 Å². The molecule has 212 valence electrons. The van der Waals surface area contributed by atoms with Crippen LogP contribution in [0.3, 0.4) is 0 Å². The molecular weight excluding hydrogens is 584 g/mol. The van der Waals surface area contributed by atoms with E-state index in [1.54, 1.807) is 0 Å². The van der Waals surface area contributed by atoms with Gasteiger partial charge in [0, 0.05) is 16.3 Å². The van der Waals surface area contributed by atoms with Crippen molar-refractivity contribution in [3.8, 4) is 22.3 Å². The minimum atomic E-state index is -0.787. The summed E-state index contributed by atoms with van der Waals surface area (Å²) in [5, 5.41) is 7.76.